The molecule has 0 saturated carbocycles. The monoisotopic (exact) mass is 475 g/mol. The first kappa shape index (κ1) is 24.0. The number of likely N-dealkylation sites (N-methyl/N-ethyl adjacent to an activating group) is 1. The van der Waals surface area contributed by atoms with E-state index < -0.39 is 0 Å². The van der Waals surface area contributed by atoms with Crippen molar-refractivity contribution in [3.63, 3.8) is 0 Å². The van der Waals surface area contributed by atoms with E-state index in [0.29, 0.717) is 6.42 Å². The molecule has 0 N–H and O–H groups in total. The molecule has 1 saturated heterocycles. The van der Waals surface area contributed by atoms with Crippen molar-refractivity contribution in [1.29, 1.82) is 0 Å². The number of hydrogen-bond donors (Lipinski definition) is 0. The molecule has 182 valence electrons. The fourth-order valence-electron chi connectivity index (χ4n) is 5.43. The first-order chi connectivity index (χ1) is 17.7. The van der Waals surface area contributed by atoms with Crippen molar-refractivity contribution in [3.8, 4) is 0 Å². The minimum atomic E-state index is 0.0484. The summed E-state index contributed by atoms with van der Waals surface area (Å²) in [5, 5.41) is 0. The Bertz CT molecular complexity index is 1150. The van der Waals surface area contributed by atoms with Crippen LogP contribution in [0.1, 0.15) is 47.1 Å². The third kappa shape index (κ3) is 5.39. The van der Waals surface area contributed by atoms with Gasteiger partial charge in [0.05, 0.1) is 6.04 Å². The molecule has 0 radical (unpaired) electrons. The van der Waals surface area contributed by atoms with Crippen LogP contribution in [0.3, 0.4) is 0 Å². The number of rotatable bonds is 8. The van der Waals surface area contributed by atoms with Crippen LogP contribution in [-0.4, -0.2) is 46.9 Å². The molecule has 4 aromatic rings. The zero-order valence-corrected chi connectivity index (χ0v) is 20.8. The van der Waals surface area contributed by atoms with E-state index in [0.717, 1.165) is 19.5 Å². The van der Waals surface area contributed by atoms with Crippen molar-refractivity contribution < 1.29 is 4.79 Å². The summed E-state index contributed by atoms with van der Waals surface area (Å²) < 4.78 is 0. The van der Waals surface area contributed by atoms with E-state index in [1.54, 1.807) is 0 Å². The van der Waals surface area contributed by atoms with Crippen LogP contribution in [0.15, 0.2) is 116 Å². The maximum Gasteiger partial charge on any atom is 0.223 e. The number of likely N-dealkylation sites (tertiary alicyclic amines) is 1. The van der Waals surface area contributed by atoms with Gasteiger partial charge in [0.25, 0.3) is 0 Å². The Kier molecular flexibility index (Phi) is 7.53. The van der Waals surface area contributed by atoms with Crippen LogP contribution in [0, 0.1) is 0 Å². The molecule has 3 aromatic carbocycles. The largest absolute Gasteiger partial charge is 0.341 e. The highest BCUT2D eigenvalue weighted by Gasteiger charge is 2.34. The highest BCUT2D eigenvalue weighted by Crippen LogP contribution is 2.33. The summed E-state index contributed by atoms with van der Waals surface area (Å²) in [7, 11) is 1.98. The van der Waals surface area contributed by atoms with Crippen molar-refractivity contribution in [1.82, 2.24) is 14.8 Å². The molecule has 36 heavy (non-hydrogen) atoms. The van der Waals surface area contributed by atoms with Gasteiger partial charge in [-0.3, -0.25) is 14.7 Å². The zero-order chi connectivity index (χ0) is 24.7. The Morgan fingerprint density at radius 1 is 0.833 bits per heavy atom. The molecular weight excluding hydrogens is 442 g/mol. The van der Waals surface area contributed by atoms with Gasteiger partial charge >= 0.3 is 0 Å². The fourth-order valence-corrected chi connectivity index (χ4v) is 5.43. The van der Waals surface area contributed by atoms with Gasteiger partial charge < -0.3 is 4.90 Å². The molecule has 4 heteroatoms. The quantitative estimate of drug-likeness (QED) is 0.317. The van der Waals surface area contributed by atoms with Crippen molar-refractivity contribution >= 4 is 5.91 Å². The van der Waals surface area contributed by atoms with E-state index >= 15 is 0 Å². The average molecular weight is 476 g/mol. The summed E-state index contributed by atoms with van der Waals surface area (Å²) in [6.07, 6.45) is 5.21. The molecule has 0 aliphatic carbocycles. The Labute approximate surface area is 214 Å². The molecule has 0 spiro atoms. The summed E-state index contributed by atoms with van der Waals surface area (Å²) in [4.78, 5) is 22.5. The van der Waals surface area contributed by atoms with E-state index in [4.69, 9.17) is 0 Å². The van der Waals surface area contributed by atoms with Crippen molar-refractivity contribution in [2.75, 3.05) is 20.1 Å². The van der Waals surface area contributed by atoms with Crippen LogP contribution in [-0.2, 0) is 4.79 Å². The van der Waals surface area contributed by atoms with Gasteiger partial charge in [0.1, 0.15) is 0 Å². The lowest BCUT2D eigenvalue weighted by Gasteiger charge is -2.31. The van der Waals surface area contributed by atoms with E-state index in [9.17, 15) is 4.79 Å². The maximum atomic E-state index is 13.6. The molecule has 5 rings (SSSR count). The molecule has 0 bridgehead atoms. The fraction of sp³-hybridized carbons (Fsp3) is 0.250. The Morgan fingerprint density at radius 3 is 1.94 bits per heavy atom. The van der Waals surface area contributed by atoms with Gasteiger partial charge in [0.2, 0.25) is 5.91 Å². The summed E-state index contributed by atoms with van der Waals surface area (Å²) in [5.41, 5.74) is 4.80. The van der Waals surface area contributed by atoms with Gasteiger partial charge in [-0.25, -0.2) is 0 Å². The Hall–Kier alpha value is -3.76. The molecule has 4 nitrogen and oxygen atoms in total. The van der Waals surface area contributed by atoms with Gasteiger partial charge in [-0.15, -0.1) is 0 Å². The first-order valence-corrected chi connectivity index (χ1v) is 12.7. The van der Waals surface area contributed by atoms with Gasteiger partial charge in [0, 0.05) is 50.9 Å². The van der Waals surface area contributed by atoms with E-state index in [1.807, 2.05) is 42.5 Å². The van der Waals surface area contributed by atoms with E-state index in [-0.39, 0.29) is 23.9 Å². The van der Waals surface area contributed by atoms with Crippen LogP contribution in [0.25, 0.3) is 0 Å². The minimum Gasteiger partial charge on any atom is -0.341 e. The van der Waals surface area contributed by atoms with Crippen LogP contribution < -0.4 is 0 Å². The van der Waals surface area contributed by atoms with Crippen LogP contribution >= 0.6 is 0 Å². The van der Waals surface area contributed by atoms with Gasteiger partial charge in [-0.2, -0.15) is 0 Å². The highest BCUT2D eigenvalue weighted by molar-refractivity contribution is 5.78. The Balaban J connectivity index is 1.32. The molecule has 1 fully saturated rings. The molecule has 1 aliphatic rings. The second kappa shape index (κ2) is 11.3. The molecule has 1 aromatic heterocycles. The lowest BCUT2D eigenvalue weighted by molar-refractivity contribution is -0.132. The predicted molar refractivity (Wildman–Crippen MR) is 145 cm³/mol. The molecule has 2 heterocycles. The van der Waals surface area contributed by atoms with Crippen LogP contribution in [0.5, 0.6) is 0 Å². The summed E-state index contributed by atoms with van der Waals surface area (Å²) in [6.45, 7) is 1.79. The number of amides is 1. The molecule has 2 atom stereocenters. The minimum absolute atomic E-state index is 0.0484. The number of pyridine rings is 1. The number of hydrogen-bond acceptors (Lipinski definition) is 3. The third-order valence-corrected chi connectivity index (χ3v) is 7.40. The van der Waals surface area contributed by atoms with Crippen molar-refractivity contribution in [2.45, 2.75) is 30.8 Å². The highest BCUT2D eigenvalue weighted by atomic mass is 16.2. The third-order valence-electron chi connectivity index (χ3n) is 7.40. The number of aromatic nitrogens is 1. The average Bonchev–Trinajstić information content (AvgIpc) is 3.43. The predicted octanol–water partition coefficient (Wildman–Crippen LogP) is 5.93. The lowest BCUT2D eigenvalue weighted by Crippen LogP contribution is -2.40. The van der Waals surface area contributed by atoms with E-state index in [1.165, 1.54) is 22.3 Å². The summed E-state index contributed by atoms with van der Waals surface area (Å²) >= 11 is 0. The van der Waals surface area contributed by atoms with Gasteiger partial charge in [-0.1, -0.05) is 97.1 Å². The molecule has 1 unspecified atom stereocenters. The number of carbonyl (C=O) groups is 1. The van der Waals surface area contributed by atoms with Crippen LogP contribution in [0.2, 0.25) is 0 Å². The molecular formula is C32H33N3O. The van der Waals surface area contributed by atoms with Crippen LogP contribution in [0.4, 0.5) is 0 Å². The second-order valence-corrected chi connectivity index (χ2v) is 9.62. The zero-order valence-electron chi connectivity index (χ0n) is 20.8. The van der Waals surface area contributed by atoms with Crippen molar-refractivity contribution in [2.24, 2.45) is 0 Å². The van der Waals surface area contributed by atoms with Gasteiger partial charge in [-0.05, 0) is 34.7 Å². The second-order valence-electron chi connectivity index (χ2n) is 9.62. The van der Waals surface area contributed by atoms with Gasteiger partial charge in [0.15, 0.2) is 0 Å². The maximum absolute atomic E-state index is 13.6. The summed E-state index contributed by atoms with van der Waals surface area (Å²) in [5.74, 6) is 0.240. The van der Waals surface area contributed by atoms with Crippen molar-refractivity contribution in [3.05, 3.63) is 138 Å². The standard InChI is InChI=1S/C32H33N3O/c1-34(31(36)22-30(25-12-5-2-6-13-25)26-14-7-3-8-15-26)29-19-21-35(24-29)32(27-16-9-4-10-17-27)28-18-11-20-33-23-28/h2-18,20,23,29-30,32H,19,21-22,24H2,1H3/t29-,32?/m0/s1. The number of benzene rings is 3. The van der Waals surface area contributed by atoms with E-state index in [2.05, 4.69) is 94.8 Å². The SMILES string of the molecule is CN(C(=O)CC(c1ccccc1)c1ccccc1)[C@H]1CCN(C(c2ccccc2)c2cccnc2)C1. The molecule has 1 aliphatic heterocycles. The number of carbonyl (C=O) groups excluding carboxylic acids is 1. The molecule has 1 amide bonds. The number of nitrogens with zero attached hydrogens (tertiary/aromatic N) is 3. The normalized spacial score (nSPS) is 16.7. The first-order valence-electron chi connectivity index (χ1n) is 12.7. The topological polar surface area (TPSA) is 36.4 Å². The smallest absolute Gasteiger partial charge is 0.223 e. The summed E-state index contributed by atoms with van der Waals surface area (Å²) in [6, 6.07) is 35.8. The Morgan fingerprint density at radius 2 is 1.39 bits per heavy atom. The lowest BCUT2D eigenvalue weighted by atomic mass is 9.88.